The number of carbonyl (C=O) groups is 1. The zero-order chi connectivity index (χ0) is 14.1. The summed E-state index contributed by atoms with van der Waals surface area (Å²) in [4.78, 5) is 12.0. The molecule has 0 bridgehead atoms. The average Bonchev–Trinajstić information content (AvgIpc) is 3.17. The Balaban J connectivity index is 2.05. The molecule has 1 aromatic carbocycles. The second-order valence-corrected chi connectivity index (χ2v) is 6.08. The van der Waals surface area contributed by atoms with Crippen LogP contribution in [-0.4, -0.2) is 12.5 Å². The van der Waals surface area contributed by atoms with Crippen LogP contribution in [0.4, 0.5) is 0 Å². The molecule has 0 unspecified atom stereocenters. The molecule has 1 aliphatic carbocycles. The van der Waals surface area contributed by atoms with Gasteiger partial charge in [0.2, 0.25) is 5.91 Å². The van der Waals surface area contributed by atoms with Crippen LogP contribution >= 0.6 is 0 Å². The predicted octanol–water partition coefficient (Wildman–Crippen LogP) is 2.69. The van der Waals surface area contributed by atoms with Crippen LogP contribution in [0.2, 0.25) is 0 Å². The van der Waals surface area contributed by atoms with Gasteiger partial charge in [0.15, 0.2) is 0 Å². The summed E-state index contributed by atoms with van der Waals surface area (Å²) in [5, 5.41) is 11.9. The standard InChI is InChI=1S/C16H20N2O/c1-12-6-4-5-7-13(12)15(2,3)11-18-14(19)16(10-17)8-9-16/h4-7H,8-9,11H2,1-3H3,(H,18,19). The van der Waals surface area contributed by atoms with Gasteiger partial charge in [-0.2, -0.15) is 5.26 Å². The monoisotopic (exact) mass is 256 g/mol. The molecule has 2 rings (SSSR count). The molecule has 1 aliphatic rings. The zero-order valence-corrected chi connectivity index (χ0v) is 11.8. The topological polar surface area (TPSA) is 52.9 Å². The number of hydrogen-bond acceptors (Lipinski definition) is 2. The molecular weight excluding hydrogens is 236 g/mol. The molecule has 0 saturated heterocycles. The van der Waals surface area contributed by atoms with Crippen LogP contribution in [0.5, 0.6) is 0 Å². The average molecular weight is 256 g/mol. The Morgan fingerprint density at radius 3 is 2.58 bits per heavy atom. The molecule has 0 aliphatic heterocycles. The number of nitrogens with one attached hydrogen (secondary N) is 1. The number of amides is 1. The summed E-state index contributed by atoms with van der Waals surface area (Å²) in [6.45, 7) is 6.86. The molecule has 1 N–H and O–H groups in total. The van der Waals surface area contributed by atoms with Crippen molar-refractivity contribution < 1.29 is 4.79 Å². The minimum absolute atomic E-state index is 0.114. The van der Waals surface area contributed by atoms with E-state index in [1.165, 1.54) is 11.1 Å². The van der Waals surface area contributed by atoms with Crippen molar-refractivity contribution in [3.8, 4) is 6.07 Å². The van der Waals surface area contributed by atoms with Gasteiger partial charge in [-0.3, -0.25) is 4.79 Å². The maximum absolute atomic E-state index is 12.0. The normalized spacial score (nSPS) is 16.5. The van der Waals surface area contributed by atoms with E-state index in [0.717, 1.165) is 0 Å². The van der Waals surface area contributed by atoms with Crippen LogP contribution < -0.4 is 5.32 Å². The van der Waals surface area contributed by atoms with E-state index in [-0.39, 0.29) is 11.3 Å². The van der Waals surface area contributed by atoms with Gasteiger partial charge in [0.1, 0.15) is 5.41 Å². The fourth-order valence-electron chi connectivity index (χ4n) is 2.41. The lowest BCUT2D eigenvalue weighted by atomic mass is 9.82. The molecule has 3 heteroatoms. The van der Waals surface area contributed by atoms with E-state index in [0.29, 0.717) is 19.4 Å². The summed E-state index contributed by atoms with van der Waals surface area (Å²) in [5.41, 5.74) is 1.59. The van der Waals surface area contributed by atoms with Gasteiger partial charge in [-0.05, 0) is 30.9 Å². The Kier molecular flexibility index (Phi) is 3.36. The Morgan fingerprint density at radius 1 is 1.42 bits per heavy atom. The summed E-state index contributed by atoms with van der Waals surface area (Å²) in [7, 11) is 0. The van der Waals surface area contributed by atoms with Crippen LogP contribution in [-0.2, 0) is 10.2 Å². The van der Waals surface area contributed by atoms with Crippen molar-refractivity contribution in [3.63, 3.8) is 0 Å². The van der Waals surface area contributed by atoms with Crippen LogP contribution in [0.15, 0.2) is 24.3 Å². The second-order valence-electron chi connectivity index (χ2n) is 6.08. The number of carbonyl (C=O) groups excluding carboxylic acids is 1. The first-order valence-electron chi connectivity index (χ1n) is 6.67. The van der Waals surface area contributed by atoms with Gasteiger partial charge >= 0.3 is 0 Å². The molecule has 0 aromatic heterocycles. The summed E-state index contributed by atoms with van der Waals surface area (Å²) in [6.07, 6.45) is 1.39. The second kappa shape index (κ2) is 4.70. The molecule has 0 heterocycles. The molecule has 0 spiro atoms. The van der Waals surface area contributed by atoms with Crippen molar-refractivity contribution >= 4 is 5.91 Å². The van der Waals surface area contributed by atoms with Gasteiger partial charge in [-0.25, -0.2) is 0 Å². The minimum atomic E-state index is -0.734. The predicted molar refractivity (Wildman–Crippen MR) is 74.5 cm³/mol. The summed E-state index contributed by atoms with van der Waals surface area (Å²) < 4.78 is 0. The van der Waals surface area contributed by atoms with Crippen molar-refractivity contribution in [2.24, 2.45) is 5.41 Å². The third-order valence-electron chi connectivity index (χ3n) is 3.96. The van der Waals surface area contributed by atoms with Crippen LogP contribution in [0.3, 0.4) is 0 Å². The fraction of sp³-hybridized carbons (Fsp3) is 0.500. The molecule has 1 aromatic rings. The van der Waals surface area contributed by atoms with Crippen molar-refractivity contribution in [2.45, 2.75) is 39.0 Å². The van der Waals surface area contributed by atoms with Crippen LogP contribution in [0, 0.1) is 23.7 Å². The molecule has 0 radical (unpaired) electrons. The zero-order valence-electron chi connectivity index (χ0n) is 11.8. The number of rotatable bonds is 4. The maximum Gasteiger partial charge on any atom is 0.240 e. The van der Waals surface area contributed by atoms with Crippen molar-refractivity contribution in [1.29, 1.82) is 5.26 Å². The maximum atomic E-state index is 12.0. The van der Waals surface area contributed by atoms with Crippen LogP contribution in [0.1, 0.15) is 37.8 Å². The largest absolute Gasteiger partial charge is 0.354 e. The van der Waals surface area contributed by atoms with E-state index in [9.17, 15) is 4.79 Å². The minimum Gasteiger partial charge on any atom is -0.354 e. The first-order chi connectivity index (χ1) is 8.91. The lowest BCUT2D eigenvalue weighted by Gasteiger charge is -2.27. The van der Waals surface area contributed by atoms with Gasteiger partial charge in [0, 0.05) is 12.0 Å². The molecule has 1 fully saturated rings. The third-order valence-corrected chi connectivity index (χ3v) is 3.96. The number of aryl methyl sites for hydroxylation is 1. The molecule has 3 nitrogen and oxygen atoms in total. The lowest BCUT2D eigenvalue weighted by Crippen LogP contribution is -2.40. The summed E-state index contributed by atoms with van der Waals surface area (Å²) >= 11 is 0. The molecule has 1 amide bonds. The number of benzene rings is 1. The number of nitrogens with zero attached hydrogens (tertiary/aromatic N) is 1. The van der Waals surface area contributed by atoms with Gasteiger partial charge in [-0.1, -0.05) is 38.1 Å². The van der Waals surface area contributed by atoms with E-state index in [1.807, 2.05) is 12.1 Å². The van der Waals surface area contributed by atoms with E-state index in [4.69, 9.17) is 5.26 Å². The van der Waals surface area contributed by atoms with E-state index >= 15 is 0 Å². The number of hydrogen-bond donors (Lipinski definition) is 1. The fourth-order valence-corrected chi connectivity index (χ4v) is 2.41. The van der Waals surface area contributed by atoms with Crippen molar-refractivity contribution in [2.75, 3.05) is 6.54 Å². The third kappa shape index (κ3) is 2.63. The summed E-state index contributed by atoms with van der Waals surface area (Å²) in [5.74, 6) is -0.114. The molecular formula is C16H20N2O. The Morgan fingerprint density at radius 2 is 2.05 bits per heavy atom. The highest BCUT2D eigenvalue weighted by molar-refractivity contribution is 5.88. The van der Waals surface area contributed by atoms with E-state index in [1.54, 1.807) is 0 Å². The smallest absolute Gasteiger partial charge is 0.240 e. The highest BCUT2D eigenvalue weighted by atomic mass is 16.2. The van der Waals surface area contributed by atoms with E-state index < -0.39 is 5.41 Å². The highest BCUT2D eigenvalue weighted by Gasteiger charge is 2.50. The van der Waals surface area contributed by atoms with Gasteiger partial charge in [0.25, 0.3) is 0 Å². The van der Waals surface area contributed by atoms with Crippen LogP contribution in [0.25, 0.3) is 0 Å². The molecule has 100 valence electrons. The Hall–Kier alpha value is -1.82. The number of nitriles is 1. The Labute approximate surface area is 114 Å². The quantitative estimate of drug-likeness (QED) is 0.900. The first-order valence-corrected chi connectivity index (χ1v) is 6.67. The van der Waals surface area contributed by atoms with E-state index in [2.05, 4.69) is 44.3 Å². The highest BCUT2D eigenvalue weighted by Crippen LogP contribution is 2.45. The molecule has 1 saturated carbocycles. The molecule has 19 heavy (non-hydrogen) atoms. The van der Waals surface area contributed by atoms with Gasteiger partial charge in [0.05, 0.1) is 6.07 Å². The van der Waals surface area contributed by atoms with Crippen molar-refractivity contribution in [1.82, 2.24) is 5.32 Å². The van der Waals surface area contributed by atoms with Crippen molar-refractivity contribution in [3.05, 3.63) is 35.4 Å². The summed E-state index contributed by atoms with van der Waals surface area (Å²) in [6, 6.07) is 10.3. The van der Waals surface area contributed by atoms with Gasteiger partial charge in [-0.15, -0.1) is 0 Å². The first kappa shape index (κ1) is 13.6. The lowest BCUT2D eigenvalue weighted by molar-refractivity contribution is -0.124. The molecule has 0 atom stereocenters. The Bertz CT molecular complexity index is 536. The SMILES string of the molecule is Cc1ccccc1C(C)(C)CNC(=O)C1(C#N)CC1. The van der Waals surface area contributed by atoms with Gasteiger partial charge < -0.3 is 5.32 Å².